The van der Waals surface area contributed by atoms with Crippen molar-refractivity contribution in [3.8, 4) is 0 Å². The second-order valence-electron chi connectivity index (χ2n) is 6.18. The van der Waals surface area contributed by atoms with Crippen LogP contribution >= 0.6 is 0 Å². The molecule has 1 heterocycles. The van der Waals surface area contributed by atoms with Crippen LogP contribution in [0.4, 0.5) is 18.0 Å². The Kier molecular flexibility index (Phi) is 4.69. The standard InChI is InChI=1S/C17H20F3N3O/c18-17(19,20)8-9-23(14-5-3-6-14)16(24)21-11-13-10-12-4-1-2-7-15(12)22-13/h1-2,4,7,10,14,22H,3,5-6,8-9,11H2,(H,21,24). The number of para-hydroxylation sites is 1. The molecule has 1 saturated carbocycles. The lowest BCUT2D eigenvalue weighted by molar-refractivity contribution is -0.137. The lowest BCUT2D eigenvalue weighted by Crippen LogP contribution is -2.49. The number of hydrogen-bond donors (Lipinski definition) is 2. The van der Waals surface area contributed by atoms with Crippen molar-refractivity contribution in [2.45, 2.75) is 44.4 Å². The Bertz CT molecular complexity index is 673. The van der Waals surface area contributed by atoms with E-state index in [1.807, 2.05) is 30.3 Å². The second-order valence-corrected chi connectivity index (χ2v) is 6.18. The van der Waals surface area contributed by atoms with E-state index < -0.39 is 18.6 Å². The molecule has 3 rings (SSSR count). The average molecular weight is 339 g/mol. The molecule has 130 valence electrons. The topological polar surface area (TPSA) is 48.1 Å². The quantitative estimate of drug-likeness (QED) is 0.843. The number of urea groups is 1. The molecule has 2 N–H and O–H groups in total. The molecule has 1 aromatic heterocycles. The third-order valence-electron chi connectivity index (χ3n) is 4.43. The van der Waals surface area contributed by atoms with Crippen molar-refractivity contribution in [1.29, 1.82) is 0 Å². The first-order chi connectivity index (χ1) is 11.4. The Labute approximate surface area is 138 Å². The summed E-state index contributed by atoms with van der Waals surface area (Å²) in [5.41, 5.74) is 1.80. The van der Waals surface area contributed by atoms with Crippen LogP contribution in [0.3, 0.4) is 0 Å². The molecule has 24 heavy (non-hydrogen) atoms. The number of aromatic nitrogens is 1. The van der Waals surface area contributed by atoms with Crippen LogP contribution in [0.2, 0.25) is 0 Å². The van der Waals surface area contributed by atoms with Crippen molar-refractivity contribution in [1.82, 2.24) is 15.2 Å². The Morgan fingerprint density at radius 1 is 1.29 bits per heavy atom. The predicted molar refractivity (Wildman–Crippen MR) is 85.6 cm³/mol. The summed E-state index contributed by atoms with van der Waals surface area (Å²) in [7, 11) is 0. The Hall–Kier alpha value is -2.18. The van der Waals surface area contributed by atoms with Crippen LogP contribution in [-0.2, 0) is 6.54 Å². The van der Waals surface area contributed by atoms with Gasteiger partial charge in [0.15, 0.2) is 0 Å². The fraction of sp³-hybridized carbons (Fsp3) is 0.471. The molecule has 0 spiro atoms. The molecule has 0 unspecified atom stereocenters. The summed E-state index contributed by atoms with van der Waals surface area (Å²) in [6.07, 6.45) is -2.71. The van der Waals surface area contributed by atoms with Gasteiger partial charge in [-0.05, 0) is 36.8 Å². The number of rotatable bonds is 5. The SMILES string of the molecule is O=C(NCc1cc2ccccc2[nH]1)N(CCC(F)(F)F)C1CCC1. The number of hydrogen-bond acceptors (Lipinski definition) is 1. The molecular weight excluding hydrogens is 319 g/mol. The lowest BCUT2D eigenvalue weighted by Gasteiger charge is -2.37. The zero-order valence-electron chi connectivity index (χ0n) is 13.2. The van der Waals surface area contributed by atoms with E-state index in [-0.39, 0.29) is 19.1 Å². The van der Waals surface area contributed by atoms with E-state index >= 15 is 0 Å². The van der Waals surface area contributed by atoms with Gasteiger partial charge in [-0.2, -0.15) is 13.2 Å². The monoisotopic (exact) mass is 339 g/mol. The minimum absolute atomic E-state index is 0.0740. The van der Waals surface area contributed by atoms with Crippen molar-refractivity contribution in [2.24, 2.45) is 0 Å². The molecule has 1 fully saturated rings. The highest BCUT2D eigenvalue weighted by atomic mass is 19.4. The van der Waals surface area contributed by atoms with Crippen molar-refractivity contribution in [3.05, 3.63) is 36.0 Å². The highest BCUT2D eigenvalue weighted by Crippen LogP contribution is 2.27. The number of benzene rings is 1. The van der Waals surface area contributed by atoms with Gasteiger partial charge in [-0.15, -0.1) is 0 Å². The van der Waals surface area contributed by atoms with Gasteiger partial charge < -0.3 is 15.2 Å². The summed E-state index contributed by atoms with van der Waals surface area (Å²) >= 11 is 0. The van der Waals surface area contributed by atoms with Gasteiger partial charge in [0.2, 0.25) is 0 Å². The third-order valence-corrected chi connectivity index (χ3v) is 4.43. The minimum Gasteiger partial charge on any atom is -0.357 e. The van der Waals surface area contributed by atoms with Gasteiger partial charge in [0.25, 0.3) is 0 Å². The largest absolute Gasteiger partial charge is 0.390 e. The summed E-state index contributed by atoms with van der Waals surface area (Å²) < 4.78 is 37.4. The number of nitrogens with one attached hydrogen (secondary N) is 2. The highest BCUT2D eigenvalue weighted by Gasteiger charge is 2.33. The zero-order chi connectivity index (χ0) is 17.2. The van der Waals surface area contributed by atoms with E-state index in [1.165, 1.54) is 4.90 Å². The van der Waals surface area contributed by atoms with Crippen LogP contribution < -0.4 is 5.32 Å². The maximum atomic E-state index is 12.5. The number of nitrogens with zero attached hydrogens (tertiary/aromatic N) is 1. The lowest BCUT2D eigenvalue weighted by atomic mass is 9.91. The summed E-state index contributed by atoms with van der Waals surface area (Å²) in [5, 5.41) is 3.77. The minimum atomic E-state index is -4.25. The number of carbonyl (C=O) groups is 1. The van der Waals surface area contributed by atoms with E-state index in [1.54, 1.807) is 0 Å². The molecule has 0 saturated heterocycles. The molecule has 0 aliphatic heterocycles. The molecule has 1 aliphatic rings. The van der Waals surface area contributed by atoms with Gasteiger partial charge in [-0.1, -0.05) is 18.2 Å². The molecule has 0 atom stereocenters. The number of carbonyl (C=O) groups excluding carboxylic acids is 1. The molecule has 0 radical (unpaired) electrons. The third kappa shape index (κ3) is 4.01. The van der Waals surface area contributed by atoms with Crippen molar-refractivity contribution < 1.29 is 18.0 Å². The van der Waals surface area contributed by atoms with E-state index in [4.69, 9.17) is 0 Å². The fourth-order valence-corrected chi connectivity index (χ4v) is 2.90. The number of halogens is 3. The van der Waals surface area contributed by atoms with E-state index in [0.29, 0.717) is 0 Å². The van der Waals surface area contributed by atoms with Gasteiger partial charge >= 0.3 is 12.2 Å². The van der Waals surface area contributed by atoms with Crippen LogP contribution in [0.15, 0.2) is 30.3 Å². The van der Waals surface area contributed by atoms with Gasteiger partial charge in [0.05, 0.1) is 13.0 Å². The first kappa shape index (κ1) is 16.7. The summed E-state index contributed by atoms with van der Waals surface area (Å²) in [5.74, 6) is 0. The van der Waals surface area contributed by atoms with Crippen LogP contribution in [0, 0.1) is 0 Å². The normalized spacial score (nSPS) is 15.3. The summed E-state index contributed by atoms with van der Waals surface area (Å²) in [6.45, 7) is -0.0184. The van der Waals surface area contributed by atoms with Gasteiger partial charge in [0, 0.05) is 23.8 Å². The zero-order valence-corrected chi connectivity index (χ0v) is 13.2. The Morgan fingerprint density at radius 3 is 2.67 bits per heavy atom. The van der Waals surface area contributed by atoms with Crippen molar-refractivity contribution in [2.75, 3.05) is 6.54 Å². The first-order valence-corrected chi connectivity index (χ1v) is 8.10. The molecule has 1 aliphatic carbocycles. The molecule has 7 heteroatoms. The first-order valence-electron chi connectivity index (χ1n) is 8.10. The van der Waals surface area contributed by atoms with Crippen molar-refractivity contribution >= 4 is 16.9 Å². The van der Waals surface area contributed by atoms with E-state index in [0.717, 1.165) is 35.9 Å². The summed E-state index contributed by atoms with van der Waals surface area (Å²) in [4.78, 5) is 16.8. The molecule has 2 amide bonds. The second kappa shape index (κ2) is 6.75. The Balaban J connectivity index is 1.60. The number of alkyl halides is 3. The van der Waals surface area contributed by atoms with Crippen LogP contribution in [0.1, 0.15) is 31.4 Å². The average Bonchev–Trinajstić information content (AvgIpc) is 2.88. The molecule has 1 aromatic carbocycles. The number of aromatic amines is 1. The van der Waals surface area contributed by atoms with E-state index in [2.05, 4.69) is 10.3 Å². The molecular formula is C17H20F3N3O. The Morgan fingerprint density at radius 2 is 2.04 bits per heavy atom. The number of H-pyrrole nitrogens is 1. The van der Waals surface area contributed by atoms with Gasteiger partial charge in [0.1, 0.15) is 0 Å². The van der Waals surface area contributed by atoms with Crippen LogP contribution in [0.25, 0.3) is 10.9 Å². The summed E-state index contributed by atoms with van der Waals surface area (Å²) in [6, 6.07) is 9.16. The predicted octanol–water partition coefficient (Wildman–Crippen LogP) is 4.18. The highest BCUT2D eigenvalue weighted by molar-refractivity contribution is 5.80. The fourth-order valence-electron chi connectivity index (χ4n) is 2.90. The number of fused-ring (bicyclic) bond motifs is 1. The molecule has 4 nitrogen and oxygen atoms in total. The van der Waals surface area contributed by atoms with Gasteiger partial charge in [-0.3, -0.25) is 0 Å². The molecule has 2 aromatic rings. The van der Waals surface area contributed by atoms with Crippen LogP contribution in [0.5, 0.6) is 0 Å². The van der Waals surface area contributed by atoms with Crippen LogP contribution in [-0.4, -0.2) is 34.7 Å². The molecule has 0 bridgehead atoms. The smallest absolute Gasteiger partial charge is 0.357 e. The maximum Gasteiger partial charge on any atom is 0.390 e. The maximum absolute atomic E-state index is 12.5. The van der Waals surface area contributed by atoms with Gasteiger partial charge in [-0.25, -0.2) is 4.79 Å². The van der Waals surface area contributed by atoms with Crippen molar-refractivity contribution in [3.63, 3.8) is 0 Å². The number of amides is 2. The van der Waals surface area contributed by atoms with E-state index in [9.17, 15) is 18.0 Å².